The van der Waals surface area contributed by atoms with E-state index in [4.69, 9.17) is 4.74 Å². The molecule has 0 radical (unpaired) electrons. The van der Waals surface area contributed by atoms with Crippen LogP contribution in [0.4, 0.5) is 10.1 Å². The van der Waals surface area contributed by atoms with Gasteiger partial charge in [0.1, 0.15) is 17.3 Å². The first-order chi connectivity index (χ1) is 19.1. The first kappa shape index (κ1) is 23.1. The van der Waals surface area contributed by atoms with Gasteiger partial charge >= 0.3 is 0 Å². The molecule has 4 aromatic heterocycles. The highest BCUT2D eigenvalue weighted by molar-refractivity contribution is 6.01. The van der Waals surface area contributed by atoms with E-state index in [1.807, 2.05) is 42.5 Å². The second-order valence-electron chi connectivity index (χ2n) is 9.74. The van der Waals surface area contributed by atoms with Crippen molar-refractivity contribution in [3.05, 3.63) is 79.0 Å². The van der Waals surface area contributed by atoms with Crippen LogP contribution in [0.1, 0.15) is 12.8 Å². The smallest absolute Gasteiger partial charge is 0.227 e. The molecule has 0 aliphatic heterocycles. The van der Waals surface area contributed by atoms with Crippen LogP contribution >= 0.6 is 0 Å². The van der Waals surface area contributed by atoms with Gasteiger partial charge in [0.25, 0.3) is 0 Å². The van der Waals surface area contributed by atoms with E-state index in [2.05, 4.69) is 30.5 Å². The Morgan fingerprint density at radius 2 is 1.90 bits per heavy atom. The largest absolute Gasteiger partial charge is 0.497 e. The van der Waals surface area contributed by atoms with Gasteiger partial charge in [-0.2, -0.15) is 5.10 Å². The molecular formula is C30H23FN6O2. The van der Waals surface area contributed by atoms with Crippen molar-refractivity contribution in [1.82, 2.24) is 25.1 Å². The quantitative estimate of drug-likeness (QED) is 0.239. The van der Waals surface area contributed by atoms with Crippen molar-refractivity contribution in [2.24, 2.45) is 5.92 Å². The summed E-state index contributed by atoms with van der Waals surface area (Å²) in [5.74, 6) is 0.239. The predicted molar refractivity (Wildman–Crippen MR) is 148 cm³/mol. The zero-order valence-electron chi connectivity index (χ0n) is 21.0. The Hall–Kier alpha value is -5.05. The molecule has 0 bridgehead atoms. The standard InChI is InChI=1S/C30H23FN6O2/c1-39-21-9-17(7-19(31)10-21)22-3-2-4-25-23(22)11-27(35-25)29-24-12-26(33-15-28(24)36-37-29)18-8-20(14-32-13-18)34-30(38)16-5-6-16/h2-4,7-16,35H,5-6H2,1H3,(H,34,38)(H,36,37). The average molecular weight is 519 g/mol. The number of halogens is 1. The van der Waals surface area contributed by atoms with Crippen LogP contribution in [-0.4, -0.2) is 38.2 Å². The molecule has 9 heteroatoms. The molecule has 192 valence electrons. The van der Waals surface area contributed by atoms with Crippen molar-refractivity contribution in [2.75, 3.05) is 12.4 Å². The Bertz CT molecular complexity index is 1890. The molecule has 0 saturated heterocycles. The summed E-state index contributed by atoms with van der Waals surface area (Å²) in [6.07, 6.45) is 6.98. The maximum absolute atomic E-state index is 14.3. The topological polar surface area (TPSA) is 109 Å². The summed E-state index contributed by atoms with van der Waals surface area (Å²) < 4.78 is 19.5. The van der Waals surface area contributed by atoms with Crippen molar-refractivity contribution in [3.63, 3.8) is 0 Å². The predicted octanol–water partition coefficient (Wildman–Crippen LogP) is 6.33. The third-order valence-electron chi connectivity index (χ3n) is 7.03. The van der Waals surface area contributed by atoms with E-state index in [1.54, 1.807) is 18.6 Å². The number of pyridine rings is 2. The number of nitrogens with zero attached hydrogens (tertiary/aromatic N) is 3. The number of aromatic nitrogens is 5. The maximum Gasteiger partial charge on any atom is 0.227 e. The molecule has 8 nitrogen and oxygen atoms in total. The summed E-state index contributed by atoms with van der Waals surface area (Å²) in [6.45, 7) is 0. The molecule has 0 spiro atoms. The zero-order chi connectivity index (χ0) is 26.5. The highest BCUT2D eigenvalue weighted by atomic mass is 19.1. The van der Waals surface area contributed by atoms with Crippen molar-refractivity contribution >= 4 is 33.4 Å². The molecule has 1 saturated carbocycles. The Balaban J connectivity index is 1.28. The molecule has 2 aromatic carbocycles. The lowest BCUT2D eigenvalue weighted by atomic mass is 10.0. The van der Waals surface area contributed by atoms with Gasteiger partial charge in [0.05, 0.1) is 42.1 Å². The minimum Gasteiger partial charge on any atom is -0.497 e. The molecule has 7 rings (SSSR count). The fourth-order valence-electron chi connectivity index (χ4n) is 4.89. The third-order valence-corrected chi connectivity index (χ3v) is 7.03. The van der Waals surface area contributed by atoms with Gasteiger partial charge < -0.3 is 15.0 Å². The van der Waals surface area contributed by atoms with E-state index in [1.165, 1.54) is 19.2 Å². The molecule has 0 atom stereocenters. The lowest BCUT2D eigenvalue weighted by molar-refractivity contribution is -0.117. The van der Waals surface area contributed by atoms with Crippen molar-refractivity contribution in [2.45, 2.75) is 12.8 Å². The highest BCUT2D eigenvalue weighted by Gasteiger charge is 2.29. The van der Waals surface area contributed by atoms with Crippen molar-refractivity contribution in [1.29, 1.82) is 0 Å². The van der Waals surface area contributed by atoms with Crippen LogP contribution in [0.15, 0.2) is 73.2 Å². The first-order valence-corrected chi connectivity index (χ1v) is 12.6. The first-order valence-electron chi connectivity index (χ1n) is 12.6. The number of benzene rings is 2. The zero-order valence-corrected chi connectivity index (χ0v) is 21.0. The summed E-state index contributed by atoms with van der Waals surface area (Å²) >= 11 is 0. The number of amides is 1. The second-order valence-corrected chi connectivity index (χ2v) is 9.74. The van der Waals surface area contributed by atoms with Crippen LogP contribution in [0.2, 0.25) is 0 Å². The number of nitrogens with one attached hydrogen (secondary N) is 3. The van der Waals surface area contributed by atoms with Crippen LogP contribution in [0.3, 0.4) is 0 Å². The van der Waals surface area contributed by atoms with Gasteiger partial charge in [-0.3, -0.25) is 19.9 Å². The van der Waals surface area contributed by atoms with Crippen molar-refractivity contribution in [3.8, 4) is 39.5 Å². The number of hydrogen-bond acceptors (Lipinski definition) is 5. The molecule has 3 N–H and O–H groups in total. The van der Waals surface area contributed by atoms with E-state index in [0.717, 1.165) is 62.7 Å². The second kappa shape index (κ2) is 9.05. The van der Waals surface area contributed by atoms with Crippen LogP contribution in [-0.2, 0) is 4.79 Å². The van der Waals surface area contributed by atoms with Gasteiger partial charge in [-0.25, -0.2) is 4.39 Å². The summed E-state index contributed by atoms with van der Waals surface area (Å²) in [5, 5.41) is 12.4. The molecule has 0 unspecified atom stereocenters. The summed E-state index contributed by atoms with van der Waals surface area (Å²) in [4.78, 5) is 24.6. The fourth-order valence-corrected chi connectivity index (χ4v) is 4.89. The number of carbonyl (C=O) groups excluding carboxylic acids is 1. The number of ether oxygens (including phenoxy) is 1. The molecule has 1 aliphatic rings. The van der Waals surface area contributed by atoms with E-state index >= 15 is 0 Å². The average Bonchev–Trinajstić information content (AvgIpc) is 3.58. The van der Waals surface area contributed by atoms with E-state index in [-0.39, 0.29) is 17.6 Å². The van der Waals surface area contributed by atoms with Crippen molar-refractivity contribution < 1.29 is 13.9 Å². The minimum absolute atomic E-state index is 0.0318. The highest BCUT2D eigenvalue weighted by Crippen LogP contribution is 2.36. The number of H-pyrrole nitrogens is 2. The molecule has 39 heavy (non-hydrogen) atoms. The van der Waals surface area contributed by atoms with Gasteiger partial charge in [0.2, 0.25) is 5.91 Å². The monoisotopic (exact) mass is 518 g/mol. The van der Waals surface area contributed by atoms with Gasteiger partial charge in [0.15, 0.2) is 0 Å². The normalized spacial score (nSPS) is 13.2. The van der Waals surface area contributed by atoms with Crippen LogP contribution in [0, 0.1) is 11.7 Å². The maximum atomic E-state index is 14.3. The molecule has 1 aliphatic carbocycles. The summed E-state index contributed by atoms with van der Waals surface area (Å²) in [6, 6.07) is 16.4. The van der Waals surface area contributed by atoms with E-state index in [0.29, 0.717) is 17.1 Å². The van der Waals surface area contributed by atoms with Crippen LogP contribution in [0.5, 0.6) is 5.75 Å². The molecular weight excluding hydrogens is 495 g/mol. The summed E-state index contributed by atoms with van der Waals surface area (Å²) in [5.41, 5.74) is 6.99. The molecule has 6 aromatic rings. The van der Waals surface area contributed by atoms with E-state index < -0.39 is 0 Å². The Morgan fingerprint density at radius 1 is 1.00 bits per heavy atom. The minimum atomic E-state index is -0.360. The van der Waals surface area contributed by atoms with Gasteiger partial charge in [0, 0.05) is 40.0 Å². The van der Waals surface area contributed by atoms with E-state index in [9.17, 15) is 9.18 Å². The lowest BCUT2D eigenvalue weighted by Crippen LogP contribution is -2.13. The number of fused-ring (bicyclic) bond motifs is 2. The van der Waals surface area contributed by atoms with Crippen LogP contribution < -0.4 is 10.1 Å². The number of aromatic amines is 2. The number of methoxy groups -OCH3 is 1. The molecule has 1 amide bonds. The third kappa shape index (κ3) is 4.27. The SMILES string of the molecule is COc1cc(F)cc(-c2cccc3[nH]c(-c4n[nH]c5cnc(-c6cncc(NC(=O)C7CC7)c6)cc45)cc23)c1. The summed E-state index contributed by atoms with van der Waals surface area (Å²) in [7, 11) is 1.52. The number of carbonyl (C=O) groups is 1. The Labute approximate surface area is 222 Å². The number of hydrogen-bond donors (Lipinski definition) is 3. The van der Waals surface area contributed by atoms with Gasteiger partial charge in [-0.05, 0) is 60.4 Å². The fraction of sp³-hybridized carbons (Fsp3) is 0.133. The number of rotatable bonds is 6. The Morgan fingerprint density at radius 3 is 2.74 bits per heavy atom. The molecule has 4 heterocycles. The van der Waals surface area contributed by atoms with Crippen LogP contribution in [0.25, 0.3) is 55.6 Å². The lowest BCUT2D eigenvalue weighted by Gasteiger charge is -2.07. The molecule has 1 fully saturated rings. The number of anilines is 1. The van der Waals surface area contributed by atoms with Gasteiger partial charge in [-0.15, -0.1) is 0 Å². The Kier molecular flexibility index (Phi) is 5.36. The van der Waals surface area contributed by atoms with Gasteiger partial charge in [-0.1, -0.05) is 12.1 Å².